The molecular weight excluding hydrogens is 1450 g/mol. The minimum absolute atomic E-state index is 1.68. The molecule has 0 spiro atoms. The normalized spacial score (nSPS) is 3.97. The van der Waals surface area contributed by atoms with Gasteiger partial charge in [-0.15, -0.1) is 6.42 Å². The van der Waals surface area contributed by atoms with Gasteiger partial charge in [0, 0.05) is 604 Å². The Kier molecular flexibility index (Phi) is 73.2. The fraction of sp³-hybridized carbons (Fsp3) is 0.00826. The van der Waals surface area contributed by atoms with Crippen LogP contribution in [0.2, 0.25) is 0 Å². The van der Waals surface area contributed by atoms with E-state index in [-0.39, 0.29) is 0 Å². The van der Waals surface area contributed by atoms with E-state index in [1.54, 1.807) is 6.92 Å². The van der Waals surface area contributed by atoms with E-state index in [0.717, 1.165) is 0 Å². The van der Waals surface area contributed by atoms with E-state index < -0.39 is 0 Å². The largest absolute Gasteiger partial charge is 0.106 e. The number of hydrogen-bond acceptors (Lipinski definition) is 0. The Morgan fingerprint density at radius 1 is 0.0661 bits per heavy atom. The summed E-state index contributed by atoms with van der Waals surface area (Å²) in [6.45, 7) is 1.68. The minimum Gasteiger partial charge on any atom is -0.106 e. The van der Waals surface area contributed by atoms with Crippen molar-refractivity contribution in [2.24, 2.45) is 0 Å². The van der Waals surface area contributed by atoms with Crippen LogP contribution in [0.25, 0.3) is 0 Å². The zero-order valence-corrected chi connectivity index (χ0v) is 61.1. The summed E-state index contributed by atoms with van der Waals surface area (Å²) in [5.74, 6) is 297. The third-order valence-electron chi connectivity index (χ3n) is 7.45. The van der Waals surface area contributed by atoms with Crippen molar-refractivity contribution in [3.63, 3.8) is 0 Å². The van der Waals surface area contributed by atoms with Crippen molar-refractivity contribution in [1.82, 2.24) is 0 Å². The average molecular weight is 1460 g/mol. The van der Waals surface area contributed by atoms with Gasteiger partial charge in [0.2, 0.25) is 0 Å². The summed E-state index contributed by atoms with van der Waals surface area (Å²) in [6.07, 6.45) is 4.96. The summed E-state index contributed by atoms with van der Waals surface area (Å²) in [4.78, 5) is 0. The first-order valence-corrected chi connectivity index (χ1v) is 30.3. The smallest absolute Gasteiger partial charge is 0 e. The van der Waals surface area contributed by atoms with Gasteiger partial charge in [0.25, 0.3) is 0 Å². The maximum Gasteiger partial charge on any atom is 0 e. The highest BCUT2D eigenvalue weighted by molar-refractivity contribution is 5.58. The average Bonchev–Trinajstić information content (AvgIpc) is 2.28. The molecule has 0 saturated carbocycles. The van der Waals surface area contributed by atoms with Crippen molar-refractivity contribution in [1.29, 1.82) is 0 Å². The Hall–Kier alpha value is -26.4. The molecule has 0 saturated heterocycles. The van der Waals surface area contributed by atoms with E-state index in [4.69, 9.17) is 6.42 Å². The quantitative estimate of drug-likeness (QED) is 0.316. The van der Waals surface area contributed by atoms with Crippen LogP contribution in [0.15, 0.2) is 0 Å². The van der Waals surface area contributed by atoms with Crippen molar-refractivity contribution in [3.05, 3.63) is 0 Å². The summed E-state index contributed by atoms with van der Waals surface area (Å²) >= 11 is 0. The molecule has 0 aliphatic carbocycles. The monoisotopic (exact) mass is 1460 g/mol. The zero-order valence-electron chi connectivity index (χ0n) is 61.1. The second-order valence-electron chi connectivity index (χ2n) is 15.0. The molecule has 0 heterocycles. The van der Waals surface area contributed by atoms with Crippen molar-refractivity contribution >= 4 is 0 Å². The molecule has 0 aromatic rings. The summed E-state index contributed by atoms with van der Waals surface area (Å²) in [7, 11) is 0. The molecule has 0 aliphatic heterocycles. The SMILES string of the molecule is C#CC#CC#CC#CC#CC#CC#CC#CC#CC#CC#CC#CC#CC#CC#CC#CC#CC#CC#CC#CC#CC#CC#CC#CC#CC#CC#CC#CC#CC#CC#CC#CC#CC#CC#CC#CC#CC#CC#CC#CC#CC#CC#CC#CC#CC#CC#CC#CC#CC#CC#CC#CC#CC#CC#CC#CC#CC#CC#CC#CC. The van der Waals surface area contributed by atoms with Crippen molar-refractivity contribution < 1.29 is 0 Å². The maximum absolute atomic E-state index is 4.96. The Bertz CT molecular complexity index is 8500. The van der Waals surface area contributed by atoms with Crippen LogP contribution in [-0.2, 0) is 0 Å². The van der Waals surface area contributed by atoms with Crippen LogP contribution in [0, 0.1) is 711 Å². The van der Waals surface area contributed by atoms with Gasteiger partial charge >= 0.3 is 0 Å². The Balaban J connectivity index is 4.65. The van der Waals surface area contributed by atoms with Crippen LogP contribution in [0.3, 0.4) is 0 Å². The lowest BCUT2D eigenvalue weighted by Gasteiger charge is -1.58. The van der Waals surface area contributed by atoms with E-state index in [1.807, 2.05) is 0 Å². The molecule has 0 rings (SSSR count). The predicted molar refractivity (Wildman–Crippen MR) is 473 cm³/mol. The van der Waals surface area contributed by atoms with Gasteiger partial charge < -0.3 is 0 Å². The van der Waals surface area contributed by atoms with Gasteiger partial charge in [-0.3, -0.25) is 0 Å². The molecule has 0 amide bonds. The van der Waals surface area contributed by atoms with Gasteiger partial charge in [0.15, 0.2) is 0 Å². The highest BCUT2D eigenvalue weighted by Gasteiger charge is 1.69. The molecule has 0 radical (unpaired) electrons. The molecular formula is C121H4. The third-order valence-corrected chi connectivity index (χ3v) is 7.45. The zero-order chi connectivity index (χ0) is 86.1. The van der Waals surface area contributed by atoms with E-state index >= 15 is 0 Å². The van der Waals surface area contributed by atoms with E-state index in [2.05, 4.69) is 705 Å². The molecule has 0 N–H and O–H groups in total. The maximum atomic E-state index is 4.96. The summed E-state index contributed by atoms with van der Waals surface area (Å²) < 4.78 is 0. The van der Waals surface area contributed by atoms with Gasteiger partial charge in [-0.25, -0.2) is 0 Å². The fourth-order valence-corrected chi connectivity index (χ4v) is 3.69. The van der Waals surface area contributed by atoms with Gasteiger partial charge in [-0.05, 0) is 102 Å². The van der Waals surface area contributed by atoms with Crippen LogP contribution in [0.5, 0.6) is 0 Å². The van der Waals surface area contributed by atoms with Crippen molar-refractivity contribution in [2.75, 3.05) is 0 Å². The first kappa shape index (κ1) is 94.6. The highest BCUT2D eigenvalue weighted by Crippen LogP contribution is 1.69. The molecule has 0 aromatic carbocycles. The second kappa shape index (κ2) is 93.6. The highest BCUT2D eigenvalue weighted by atomic mass is 13.7. The predicted octanol–water partition coefficient (Wildman–Crippen LogP) is 0.840. The van der Waals surface area contributed by atoms with Crippen molar-refractivity contribution in [3.8, 4) is 711 Å². The summed E-state index contributed by atoms with van der Waals surface area (Å²) in [5, 5.41) is 0. The first-order valence-electron chi connectivity index (χ1n) is 30.3. The van der Waals surface area contributed by atoms with Gasteiger partial charge in [-0.2, -0.15) is 0 Å². The minimum atomic E-state index is 1.68. The topological polar surface area (TPSA) is 0 Å². The van der Waals surface area contributed by atoms with E-state index in [0.29, 0.717) is 0 Å². The molecule has 0 aromatic heterocycles. The lowest BCUT2D eigenvalue weighted by molar-refractivity contribution is 1.92. The standard InChI is InChI=1S/C121H4/c1-3-5-7-9-11-13-15-17-19-21-23-25-27-29-31-33-35-37-39-41-43-45-47-49-51-53-55-57-59-61-63-65-67-69-71-73-75-77-79-81-83-85-87-89-91-93-95-97-99-101-103-105-107-109-111-113-115-117-119-121-120-118-116-114-112-110-108-106-104-102-100-98-96-94-92-90-88-86-84-82-80-78-76-74-72-70-68-66-64-62-60-58-56-54-52-50-48-46-44-42-40-38-36-34-32-30-28-26-24-22-20-18-16-14-12-10-8-6-4-2/h1H,2H3. The molecule has 0 fully saturated rings. The van der Waals surface area contributed by atoms with Gasteiger partial charge in [0.05, 0.1) is 0 Å². The molecule has 0 atom stereocenters. The number of hydrogen-bond donors (Lipinski definition) is 0. The Morgan fingerprint density at radius 3 is 0.149 bits per heavy atom. The molecule has 0 unspecified atom stereocenters. The summed E-state index contributed by atoms with van der Waals surface area (Å²) in [6, 6.07) is 0. The molecule has 488 valence electrons. The van der Waals surface area contributed by atoms with Crippen LogP contribution < -0.4 is 0 Å². The summed E-state index contributed by atoms with van der Waals surface area (Å²) in [5.41, 5.74) is 0. The number of terminal acetylenes is 1. The van der Waals surface area contributed by atoms with E-state index in [9.17, 15) is 0 Å². The Labute approximate surface area is 712 Å². The van der Waals surface area contributed by atoms with Crippen molar-refractivity contribution in [2.45, 2.75) is 6.92 Å². The molecule has 0 aliphatic rings. The van der Waals surface area contributed by atoms with E-state index in [1.165, 1.54) is 0 Å². The first-order chi connectivity index (χ1) is 60.4. The molecule has 0 bridgehead atoms. The molecule has 121 heavy (non-hydrogen) atoms. The fourth-order valence-electron chi connectivity index (χ4n) is 3.69. The number of rotatable bonds is 0. The molecule has 0 nitrogen and oxygen atoms in total. The second-order valence-corrected chi connectivity index (χ2v) is 15.0. The third kappa shape index (κ3) is 93.6. The molecule has 0 heteroatoms. The van der Waals surface area contributed by atoms with Crippen LogP contribution >= 0.6 is 0 Å². The van der Waals surface area contributed by atoms with Crippen LogP contribution in [0.4, 0.5) is 0 Å². The lowest BCUT2D eigenvalue weighted by Crippen LogP contribution is -1.57. The van der Waals surface area contributed by atoms with Crippen LogP contribution in [-0.4, -0.2) is 0 Å². The van der Waals surface area contributed by atoms with Crippen LogP contribution in [0.1, 0.15) is 6.92 Å². The van der Waals surface area contributed by atoms with Gasteiger partial charge in [-0.1, -0.05) is 5.92 Å². The lowest BCUT2D eigenvalue weighted by atomic mass is 10.4. The van der Waals surface area contributed by atoms with Gasteiger partial charge in [0.1, 0.15) is 0 Å². The Morgan fingerprint density at radius 2 is 0.107 bits per heavy atom.